The van der Waals surface area contributed by atoms with Gasteiger partial charge in [-0.3, -0.25) is 9.59 Å². The fourth-order valence-corrected chi connectivity index (χ4v) is 3.54. The Balaban J connectivity index is 1.41. The smallest absolute Gasteiger partial charge is 0.253 e. The first-order chi connectivity index (χ1) is 13.7. The second-order valence-electron chi connectivity index (χ2n) is 7.29. The predicted molar refractivity (Wildman–Crippen MR) is 112 cm³/mol. The number of ether oxygens (including phenoxy) is 2. The Hall–Kier alpha value is -2.44. The molecule has 1 heterocycles. The molecular weight excluding hydrogens is 415 g/mol. The molecule has 0 aliphatic carbocycles. The molecule has 154 valence electrons. The van der Waals surface area contributed by atoms with E-state index in [9.17, 15) is 9.59 Å². The van der Waals surface area contributed by atoms with Crippen LogP contribution in [0.25, 0.3) is 0 Å². The van der Waals surface area contributed by atoms with Crippen molar-refractivity contribution in [3.05, 3.63) is 57.6 Å². The van der Waals surface area contributed by atoms with Crippen LogP contribution >= 0.6 is 23.2 Å². The van der Waals surface area contributed by atoms with Crippen molar-refractivity contribution >= 4 is 35.0 Å². The van der Waals surface area contributed by atoms with Gasteiger partial charge in [-0.25, -0.2) is 0 Å². The maximum absolute atomic E-state index is 12.1. The molecule has 0 unspecified atom stereocenters. The summed E-state index contributed by atoms with van der Waals surface area (Å²) < 4.78 is 11.7. The lowest BCUT2D eigenvalue weighted by atomic mass is 10.0. The minimum Gasteiger partial charge on any atom is -0.488 e. The highest BCUT2D eigenvalue weighted by atomic mass is 35.5. The number of fused-ring (bicyclic) bond motifs is 1. The third-order valence-corrected chi connectivity index (χ3v) is 4.87. The molecule has 2 amide bonds. The summed E-state index contributed by atoms with van der Waals surface area (Å²) in [5.41, 5.74) is 1.12. The van der Waals surface area contributed by atoms with Gasteiger partial charge in [-0.2, -0.15) is 0 Å². The van der Waals surface area contributed by atoms with Crippen LogP contribution in [-0.4, -0.2) is 37.1 Å². The normalized spacial score (nSPS) is 13.9. The molecule has 2 aromatic rings. The quantitative estimate of drug-likeness (QED) is 0.649. The summed E-state index contributed by atoms with van der Waals surface area (Å²) in [5, 5.41) is 5.87. The summed E-state index contributed by atoms with van der Waals surface area (Å²) >= 11 is 11.8. The molecule has 29 heavy (non-hydrogen) atoms. The zero-order valence-electron chi connectivity index (χ0n) is 16.2. The van der Waals surface area contributed by atoms with E-state index in [1.54, 1.807) is 6.07 Å². The van der Waals surface area contributed by atoms with Crippen LogP contribution < -0.4 is 20.1 Å². The molecule has 1 aliphatic heterocycles. The monoisotopic (exact) mass is 436 g/mol. The highest BCUT2D eigenvalue weighted by Crippen LogP contribution is 2.41. The fraction of sp³-hybridized carbons (Fsp3) is 0.333. The molecule has 2 aromatic carbocycles. The van der Waals surface area contributed by atoms with Gasteiger partial charge >= 0.3 is 0 Å². The lowest BCUT2D eigenvalue weighted by Gasteiger charge is -2.18. The van der Waals surface area contributed by atoms with Crippen LogP contribution in [0.5, 0.6) is 11.5 Å². The van der Waals surface area contributed by atoms with Crippen molar-refractivity contribution in [2.24, 2.45) is 0 Å². The van der Waals surface area contributed by atoms with Gasteiger partial charge < -0.3 is 20.1 Å². The summed E-state index contributed by atoms with van der Waals surface area (Å²) in [7, 11) is 0. The lowest BCUT2D eigenvalue weighted by molar-refractivity contribution is -0.120. The van der Waals surface area contributed by atoms with Gasteiger partial charge in [-0.15, -0.1) is 0 Å². The van der Waals surface area contributed by atoms with Crippen LogP contribution in [0.15, 0.2) is 36.4 Å². The number of benzene rings is 2. The molecule has 0 bridgehead atoms. The van der Waals surface area contributed by atoms with Crippen LogP contribution in [0, 0.1) is 0 Å². The maximum atomic E-state index is 12.1. The Morgan fingerprint density at radius 2 is 1.97 bits per heavy atom. The molecule has 1 aliphatic rings. The van der Waals surface area contributed by atoms with Crippen LogP contribution in [-0.2, 0) is 11.2 Å². The van der Waals surface area contributed by atoms with Crippen molar-refractivity contribution in [3.8, 4) is 11.5 Å². The number of para-hydroxylation sites is 1. The zero-order valence-corrected chi connectivity index (χ0v) is 17.7. The van der Waals surface area contributed by atoms with E-state index >= 15 is 0 Å². The van der Waals surface area contributed by atoms with E-state index < -0.39 is 5.91 Å². The van der Waals surface area contributed by atoms with Gasteiger partial charge in [0.25, 0.3) is 5.91 Å². The first-order valence-corrected chi connectivity index (χ1v) is 9.94. The molecule has 0 radical (unpaired) electrons. The van der Waals surface area contributed by atoms with Gasteiger partial charge in [0.2, 0.25) is 5.91 Å². The number of amides is 2. The third kappa shape index (κ3) is 5.55. The molecule has 0 spiro atoms. The largest absolute Gasteiger partial charge is 0.488 e. The molecule has 0 saturated carbocycles. The van der Waals surface area contributed by atoms with Gasteiger partial charge in [0.1, 0.15) is 12.2 Å². The minimum atomic E-state index is -0.447. The summed E-state index contributed by atoms with van der Waals surface area (Å²) in [6.45, 7) is 4.47. The number of carbonyl (C=O) groups excluding carboxylic acids is 2. The second kappa shape index (κ2) is 8.93. The predicted octanol–water partition coefficient (Wildman–Crippen LogP) is 3.63. The van der Waals surface area contributed by atoms with Crippen LogP contribution in [0.3, 0.4) is 0 Å². The first-order valence-electron chi connectivity index (χ1n) is 9.19. The fourth-order valence-electron chi connectivity index (χ4n) is 3.04. The molecule has 0 atom stereocenters. The van der Waals surface area contributed by atoms with Crippen molar-refractivity contribution in [3.63, 3.8) is 0 Å². The Morgan fingerprint density at radius 1 is 1.17 bits per heavy atom. The molecule has 8 heteroatoms. The Bertz CT molecular complexity index is 931. The van der Waals surface area contributed by atoms with Gasteiger partial charge in [-0.1, -0.05) is 35.3 Å². The third-order valence-electron chi connectivity index (χ3n) is 4.32. The van der Waals surface area contributed by atoms with Gasteiger partial charge in [0, 0.05) is 17.0 Å². The van der Waals surface area contributed by atoms with Gasteiger partial charge in [0.05, 0.1) is 23.7 Å². The van der Waals surface area contributed by atoms with Crippen molar-refractivity contribution in [1.29, 1.82) is 0 Å². The van der Waals surface area contributed by atoms with Crippen molar-refractivity contribution in [2.75, 3.05) is 19.7 Å². The van der Waals surface area contributed by atoms with E-state index in [2.05, 4.69) is 10.6 Å². The Labute approximate surface area is 179 Å². The van der Waals surface area contributed by atoms with Crippen LogP contribution in [0.2, 0.25) is 10.0 Å². The van der Waals surface area contributed by atoms with E-state index in [0.29, 0.717) is 17.3 Å². The van der Waals surface area contributed by atoms with Crippen molar-refractivity contribution in [1.82, 2.24) is 10.6 Å². The maximum Gasteiger partial charge on any atom is 0.253 e. The molecule has 0 fully saturated rings. The Kier molecular flexibility index (Phi) is 6.55. The number of halogens is 2. The summed E-state index contributed by atoms with van der Waals surface area (Å²) in [5.74, 6) is 0.643. The number of carbonyl (C=O) groups is 2. The van der Waals surface area contributed by atoms with Crippen LogP contribution in [0.1, 0.15) is 29.8 Å². The van der Waals surface area contributed by atoms with Gasteiger partial charge in [0.15, 0.2) is 11.5 Å². The second-order valence-corrected chi connectivity index (χ2v) is 8.13. The average molecular weight is 437 g/mol. The number of nitrogens with one attached hydrogen (secondary N) is 2. The molecular formula is C21H22Cl2N2O4. The van der Waals surface area contributed by atoms with E-state index in [1.807, 2.05) is 32.0 Å². The average Bonchev–Trinajstić information content (AvgIpc) is 2.97. The lowest BCUT2D eigenvalue weighted by Crippen LogP contribution is -2.38. The zero-order chi connectivity index (χ0) is 21.0. The van der Waals surface area contributed by atoms with Crippen molar-refractivity contribution in [2.45, 2.75) is 25.9 Å². The van der Waals surface area contributed by atoms with E-state index in [1.165, 1.54) is 12.1 Å². The van der Waals surface area contributed by atoms with Crippen LogP contribution in [0.4, 0.5) is 0 Å². The highest BCUT2D eigenvalue weighted by molar-refractivity contribution is 6.36. The minimum absolute atomic E-state index is 0.171. The van der Waals surface area contributed by atoms with E-state index in [0.717, 1.165) is 17.7 Å². The highest BCUT2D eigenvalue weighted by Gasteiger charge is 2.32. The standard InChI is InChI=1S/C21H22Cl2N2O4/c1-21(2)11-13-4-3-5-17(19(13)29-21)28-9-8-24-18(26)12-25-20(27)15-7-6-14(22)10-16(15)23/h3-7,10H,8-9,11-12H2,1-2H3,(H,24,26)(H,25,27). The summed E-state index contributed by atoms with van der Waals surface area (Å²) in [4.78, 5) is 24.0. The SMILES string of the molecule is CC1(C)Cc2cccc(OCCNC(=O)CNC(=O)c3ccc(Cl)cc3Cl)c2O1. The van der Waals surface area contributed by atoms with Gasteiger partial charge in [-0.05, 0) is 38.1 Å². The van der Waals surface area contributed by atoms with Crippen molar-refractivity contribution < 1.29 is 19.1 Å². The topological polar surface area (TPSA) is 76.7 Å². The Morgan fingerprint density at radius 3 is 2.72 bits per heavy atom. The summed E-state index contributed by atoms with van der Waals surface area (Å²) in [6.07, 6.45) is 0.827. The molecule has 0 saturated heterocycles. The molecule has 3 rings (SSSR count). The van der Waals surface area contributed by atoms with E-state index in [-0.39, 0.29) is 35.2 Å². The van der Waals surface area contributed by atoms with E-state index in [4.69, 9.17) is 32.7 Å². The first kappa shape index (κ1) is 21.3. The molecule has 0 aromatic heterocycles. The number of rotatable bonds is 7. The summed E-state index contributed by atoms with van der Waals surface area (Å²) in [6, 6.07) is 10.3. The molecule has 6 nitrogen and oxygen atoms in total. The molecule has 2 N–H and O–H groups in total. The number of hydrogen-bond donors (Lipinski definition) is 2. The number of hydrogen-bond acceptors (Lipinski definition) is 4.